The summed E-state index contributed by atoms with van der Waals surface area (Å²) in [5.41, 5.74) is 3.68. The lowest BCUT2D eigenvalue weighted by Gasteiger charge is -2.27. The number of benzene rings is 3. The molecule has 0 radical (unpaired) electrons. The smallest absolute Gasteiger partial charge is 0.237 e. The lowest BCUT2D eigenvalue weighted by molar-refractivity contribution is -0.124. The molecule has 3 heteroatoms. The molecule has 2 atom stereocenters. The standard InChI is InChI=1S/C22H22N2O/c1-15(17-11-10-16-6-2-3-7-18(16)12-17)24-22(25)21-13-19-8-4-5-9-20(19)14-23-21/h2-12,15,21,23H,13-14H2,1H3,(H,24,25)/t15-,21?/m1/s1. The van der Waals surface area contributed by atoms with Gasteiger partial charge < -0.3 is 10.6 Å². The predicted octanol–water partition coefficient (Wildman–Crippen LogP) is 3.73. The lowest BCUT2D eigenvalue weighted by Crippen LogP contribution is -2.48. The summed E-state index contributed by atoms with van der Waals surface area (Å²) in [6.45, 7) is 2.79. The summed E-state index contributed by atoms with van der Waals surface area (Å²) in [5.74, 6) is 0.0650. The highest BCUT2D eigenvalue weighted by Crippen LogP contribution is 2.21. The molecule has 0 spiro atoms. The van der Waals surface area contributed by atoms with Crippen molar-refractivity contribution in [3.05, 3.63) is 83.4 Å². The third-order valence-electron chi connectivity index (χ3n) is 5.03. The molecule has 1 amide bonds. The van der Waals surface area contributed by atoms with Gasteiger partial charge in [0.15, 0.2) is 0 Å². The topological polar surface area (TPSA) is 41.1 Å². The van der Waals surface area contributed by atoms with E-state index < -0.39 is 0 Å². The third kappa shape index (κ3) is 3.28. The second-order valence-electron chi connectivity index (χ2n) is 6.74. The van der Waals surface area contributed by atoms with Crippen LogP contribution in [0, 0.1) is 0 Å². The molecular weight excluding hydrogens is 308 g/mol. The van der Waals surface area contributed by atoms with Crippen LogP contribution in [0.3, 0.4) is 0 Å². The molecule has 126 valence electrons. The molecule has 2 N–H and O–H groups in total. The van der Waals surface area contributed by atoms with Crippen molar-refractivity contribution < 1.29 is 4.79 Å². The SMILES string of the molecule is C[C@@H](NC(=O)C1Cc2ccccc2CN1)c1ccc2ccccc2c1. The Balaban J connectivity index is 1.46. The Bertz CT molecular complexity index is 919. The molecule has 1 heterocycles. The average Bonchev–Trinajstić information content (AvgIpc) is 2.67. The van der Waals surface area contributed by atoms with Crippen LogP contribution in [0.2, 0.25) is 0 Å². The summed E-state index contributed by atoms with van der Waals surface area (Å²) in [6, 6.07) is 22.8. The number of hydrogen-bond donors (Lipinski definition) is 2. The van der Waals surface area contributed by atoms with Crippen molar-refractivity contribution in [1.82, 2.24) is 10.6 Å². The molecule has 3 aromatic rings. The maximum absolute atomic E-state index is 12.7. The first-order valence-electron chi connectivity index (χ1n) is 8.80. The maximum Gasteiger partial charge on any atom is 0.237 e. The molecule has 0 bridgehead atoms. The summed E-state index contributed by atoms with van der Waals surface area (Å²) in [7, 11) is 0. The molecule has 25 heavy (non-hydrogen) atoms. The number of carbonyl (C=O) groups excluding carboxylic acids is 1. The van der Waals surface area contributed by atoms with E-state index in [9.17, 15) is 4.79 Å². The van der Waals surface area contributed by atoms with Crippen LogP contribution in [0.1, 0.15) is 29.7 Å². The molecule has 0 aliphatic carbocycles. The minimum atomic E-state index is -0.169. The van der Waals surface area contributed by atoms with Gasteiger partial charge in [0, 0.05) is 6.54 Å². The van der Waals surface area contributed by atoms with Crippen molar-refractivity contribution in [3.63, 3.8) is 0 Å². The second-order valence-corrected chi connectivity index (χ2v) is 6.74. The van der Waals surface area contributed by atoms with Gasteiger partial charge in [-0.2, -0.15) is 0 Å². The van der Waals surface area contributed by atoms with Crippen LogP contribution in [0.4, 0.5) is 0 Å². The number of rotatable bonds is 3. The van der Waals surface area contributed by atoms with Gasteiger partial charge in [-0.1, -0.05) is 60.7 Å². The van der Waals surface area contributed by atoms with Crippen LogP contribution in [0.15, 0.2) is 66.7 Å². The first-order chi connectivity index (χ1) is 12.2. The fraction of sp³-hybridized carbons (Fsp3) is 0.227. The first kappa shape index (κ1) is 15.9. The van der Waals surface area contributed by atoms with E-state index in [1.807, 2.05) is 31.2 Å². The van der Waals surface area contributed by atoms with E-state index in [-0.39, 0.29) is 18.0 Å². The summed E-state index contributed by atoms with van der Waals surface area (Å²) in [5, 5.41) is 8.93. The highest BCUT2D eigenvalue weighted by molar-refractivity contribution is 5.84. The van der Waals surface area contributed by atoms with Gasteiger partial charge in [0.1, 0.15) is 0 Å². The Labute approximate surface area is 148 Å². The Hall–Kier alpha value is -2.65. The molecule has 0 saturated carbocycles. The van der Waals surface area contributed by atoms with Gasteiger partial charge in [0.25, 0.3) is 0 Å². The molecule has 1 unspecified atom stereocenters. The van der Waals surface area contributed by atoms with Gasteiger partial charge in [-0.25, -0.2) is 0 Å². The molecule has 3 nitrogen and oxygen atoms in total. The number of fused-ring (bicyclic) bond motifs is 2. The van der Waals surface area contributed by atoms with Gasteiger partial charge in [-0.3, -0.25) is 4.79 Å². The molecule has 4 rings (SSSR count). The van der Waals surface area contributed by atoms with Crippen molar-refractivity contribution in [2.24, 2.45) is 0 Å². The maximum atomic E-state index is 12.7. The second kappa shape index (κ2) is 6.69. The van der Waals surface area contributed by atoms with Crippen LogP contribution in [-0.2, 0) is 17.8 Å². The molecule has 1 aliphatic rings. The third-order valence-corrected chi connectivity index (χ3v) is 5.03. The minimum Gasteiger partial charge on any atom is -0.348 e. The average molecular weight is 330 g/mol. The largest absolute Gasteiger partial charge is 0.348 e. The van der Waals surface area contributed by atoms with E-state index >= 15 is 0 Å². The lowest BCUT2D eigenvalue weighted by atomic mass is 9.95. The van der Waals surface area contributed by atoms with Gasteiger partial charge in [0.2, 0.25) is 5.91 Å². The molecule has 0 saturated heterocycles. The fourth-order valence-electron chi connectivity index (χ4n) is 3.51. The van der Waals surface area contributed by atoms with E-state index in [0.29, 0.717) is 0 Å². The fourth-order valence-corrected chi connectivity index (χ4v) is 3.51. The van der Waals surface area contributed by atoms with E-state index in [1.165, 1.54) is 21.9 Å². The van der Waals surface area contributed by atoms with Crippen molar-refractivity contribution >= 4 is 16.7 Å². The van der Waals surface area contributed by atoms with E-state index in [0.717, 1.165) is 18.5 Å². The predicted molar refractivity (Wildman–Crippen MR) is 101 cm³/mol. The molecule has 0 aromatic heterocycles. The Morgan fingerprint density at radius 2 is 1.72 bits per heavy atom. The van der Waals surface area contributed by atoms with Crippen molar-refractivity contribution in [2.45, 2.75) is 32.0 Å². The summed E-state index contributed by atoms with van der Waals surface area (Å²) in [4.78, 5) is 12.7. The normalized spacial score (nSPS) is 17.7. The Kier molecular flexibility index (Phi) is 4.24. The number of nitrogens with one attached hydrogen (secondary N) is 2. The highest BCUT2D eigenvalue weighted by Gasteiger charge is 2.25. The zero-order valence-electron chi connectivity index (χ0n) is 14.3. The Morgan fingerprint density at radius 1 is 1.00 bits per heavy atom. The van der Waals surface area contributed by atoms with Crippen LogP contribution in [0.25, 0.3) is 10.8 Å². The number of carbonyl (C=O) groups is 1. The summed E-state index contributed by atoms with van der Waals surface area (Å²) >= 11 is 0. The quantitative estimate of drug-likeness (QED) is 0.768. The molecular formula is C22H22N2O. The molecule has 0 fully saturated rings. The minimum absolute atomic E-state index is 0.0175. The monoisotopic (exact) mass is 330 g/mol. The zero-order chi connectivity index (χ0) is 17.2. The van der Waals surface area contributed by atoms with Crippen LogP contribution < -0.4 is 10.6 Å². The van der Waals surface area contributed by atoms with Gasteiger partial charge >= 0.3 is 0 Å². The Morgan fingerprint density at radius 3 is 2.56 bits per heavy atom. The van der Waals surface area contributed by atoms with E-state index in [1.54, 1.807) is 0 Å². The van der Waals surface area contributed by atoms with E-state index in [2.05, 4.69) is 53.1 Å². The van der Waals surface area contributed by atoms with Gasteiger partial charge in [0.05, 0.1) is 12.1 Å². The number of amides is 1. The van der Waals surface area contributed by atoms with Crippen molar-refractivity contribution in [3.8, 4) is 0 Å². The molecule has 1 aliphatic heterocycles. The van der Waals surface area contributed by atoms with Crippen molar-refractivity contribution in [2.75, 3.05) is 0 Å². The summed E-state index contributed by atoms with van der Waals surface area (Å²) in [6.07, 6.45) is 0.743. The number of hydrogen-bond acceptors (Lipinski definition) is 2. The zero-order valence-corrected chi connectivity index (χ0v) is 14.3. The van der Waals surface area contributed by atoms with Gasteiger partial charge in [-0.05, 0) is 46.9 Å². The highest BCUT2D eigenvalue weighted by atomic mass is 16.2. The summed E-state index contributed by atoms with van der Waals surface area (Å²) < 4.78 is 0. The van der Waals surface area contributed by atoms with Gasteiger partial charge in [-0.15, -0.1) is 0 Å². The molecule has 3 aromatic carbocycles. The first-order valence-corrected chi connectivity index (χ1v) is 8.80. The van der Waals surface area contributed by atoms with E-state index in [4.69, 9.17) is 0 Å². The van der Waals surface area contributed by atoms with Crippen LogP contribution >= 0.6 is 0 Å². The van der Waals surface area contributed by atoms with Crippen LogP contribution in [-0.4, -0.2) is 11.9 Å². The van der Waals surface area contributed by atoms with Crippen LogP contribution in [0.5, 0.6) is 0 Å². The van der Waals surface area contributed by atoms with Crippen molar-refractivity contribution in [1.29, 1.82) is 0 Å².